The maximum absolute atomic E-state index is 6.03. The number of hydrogen-bond donors (Lipinski definition) is 1. The van der Waals surface area contributed by atoms with Crippen LogP contribution in [0.1, 0.15) is 32.1 Å². The molecule has 0 amide bonds. The molecule has 0 aliphatic rings. The van der Waals surface area contributed by atoms with E-state index in [4.69, 9.17) is 5.73 Å². The molecule has 5 heteroatoms. The van der Waals surface area contributed by atoms with Crippen LogP contribution in [0.5, 0.6) is 0 Å². The molecule has 1 atom stereocenters. The first-order valence-electron chi connectivity index (χ1n) is 5.28. The molecule has 0 radical (unpaired) electrons. The van der Waals surface area contributed by atoms with E-state index in [1.165, 1.54) is 0 Å². The third-order valence-corrected chi connectivity index (χ3v) is 2.92. The van der Waals surface area contributed by atoms with E-state index in [1.54, 1.807) is 6.33 Å². The van der Waals surface area contributed by atoms with Gasteiger partial charge in [-0.25, -0.2) is 9.67 Å². The van der Waals surface area contributed by atoms with Crippen molar-refractivity contribution < 1.29 is 0 Å². The van der Waals surface area contributed by atoms with Crippen molar-refractivity contribution in [1.82, 2.24) is 14.8 Å². The van der Waals surface area contributed by atoms with Gasteiger partial charge in [0.15, 0.2) is 0 Å². The first kappa shape index (κ1) is 12.5. The predicted octanol–water partition coefficient (Wildman–Crippen LogP) is 1.48. The van der Waals surface area contributed by atoms with Gasteiger partial charge in [-0.1, -0.05) is 0 Å². The van der Waals surface area contributed by atoms with Crippen molar-refractivity contribution in [2.24, 2.45) is 5.73 Å². The fraction of sp³-hybridized carbons (Fsp3) is 0.800. The molecule has 0 bridgehead atoms. The third kappa shape index (κ3) is 3.83. The van der Waals surface area contributed by atoms with Crippen LogP contribution in [0, 0.1) is 0 Å². The summed E-state index contributed by atoms with van der Waals surface area (Å²) in [5, 5.41) is 4.19. The molecule has 86 valence electrons. The molecule has 1 rings (SSSR count). The summed E-state index contributed by atoms with van der Waals surface area (Å²) in [5.41, 5.74) is 6.03. The normalized spacial score (nSPS) is 13.4. The quantitative estimate of drug-likeness (QED) is 0.801. The molecule has 15 heavy (non-hydrogen) atoms. The molecule has 0 aliphatic heterocycles. The van der Waals surface area contributed by atoms with Crippen LogP contribution in [0.4, 0.5) is 0 Å². The minimum Gasteiger partial charge on any atom is -0.327 e. The van der Waals surface area contributed by atoms with E-state index >= 15 is 0 Å². The molecule has 0 spiro atoms. The number of nitrogens with zero attached hydrogens (tertiary/aromatic N) is 3. The maximum Gasteiger partial charge on any atom is 0.138 e. The molecule has 1 aromatic rings. The Morgan fingerprint density at radius 3 is 2.87 bits per heavy atom. The molecule has 0 saturated heterocycles. The van der Waals surface area contributed by atoms with Crippen LogP contribution in [0.25, 0.3) is 0 Å². The number of thioether (sulfide) groups is 1. The smallest absolute Gasteiger partial charge is 0.138 e. The minimum atomic E-state index is 0.194. The summed E-state index contributed by atoms with van der Waals surface area (Å²) in [6.45, 7) is 4.21. The monoisotopic (exact) mass is 228 g/mol. The van der Waals surface area contributed by atoms with Gasteiger partial charge in [0.2, 0.25) is 0 Å². The average Bonchev–Trinajstić information content (AvgIpc) is 2.62. The molecule has 0 aliphatic carbocycles. The third-order valence-electron chi connectivity index (χ3n) is 2.27. The van der Waals surface area contributed by atoms with Gasteiger partial charge in [0.05, 0.1) is 0 Å². The van der Waals surface area contributed by atoms with Crippen molar-refractivity contribution in [1.29, 1.82) is 0 Å². The minimum absolute atomic E-state index is 0.194. The van der Waals surface area contributed by atoms with Gasteiger partial charge in [-0.2, -0.15) is 16.9 Å². The van der Waals surface area contributed by atoms with E-state index in [-0.39, 0.29) is 6.04 Å². The Labute approximate surface area is 95.6 Å². The first-order valence-corrected chi connectivity index (χ1v) is 6.67. The lowest BCUT2D eigenvalue weighted by molar-refractivity contribution is 0.488. The number of aromatic nitrogens is 3. The summed E-state index contributed by atoms with van der Waals surface area (Å²) in [6, 6.07) is 0.550. The Kier molecular flexibility index (Phi) is 5.11. The van der Waals surface area contributed by atoms with Gasteiger partial charge in [0.1, 0.15) is 12.2 Å². The van der Waals surface area contributed by atoms with E-state index in [0.29, 0.717) is 6.04 Å². The van der Waals surface area contributed by atoms with Gasteiger partial charge in [-0.3, -0.25) is 0 Å². The lowest BCUT2D eigenvalue weighted by Crippen LogP contribution is -2.26. The summed E-state index contributed by atoms with van der Waals surface area (Å²) >= 11 is 1.83. The van der Waals surface area contributed by atoms with Crippen molar-refractivity contribution in [3.05, 3.63) is 12.2 Å². The Balaban J connectivity index is 2.52. The number of hydrogen-bond acceptors (Lipinski definition) is 4. The van der Waals surface area contributed by atoms with Gasteiger partial charge in [0, 0.05) is 18.5 Å². The SMILES string of the molecule is CSCCC(N)Cc1ncnn1C(C)C. The Morgan fingerprint density at radius 2 is 2.27 bits per heavy atom. The summed E-state index contributed by atoms with van der Waals surface area (Å²) < 4.78 is 1.94. The van der Waals surface area contributed by atoms with Crippen LogP contribution < -0.4 is 5.73 Å². The molecule has 1 heterocycles. The number of nitrogens with two attached hydrogens (primary N) is 1. The highest BCUT2D eigenvalue weighted by Crippen LogP contribution is 2.09. The molecule has 4 nitrogen and oxygen atoms in total. The van der Waals surface area contributed by atoms with Gasteiger partial charge >= 0.3 is 0 Å². The van der Waals surface area contributed by atoms with E-state index in [2.05, 4.69) is 30.2 Å². The second kappa shape index (κ2) is 6.12. The highest BCUT2D eigenvalue weighted by atomic mass is 32.2. The Morgan fingerprint density at radius 1 is 1.53 bits per heavy atom. The van der Waals surface area contributed by atoms with E-state index < -0.39 is 0 Å². The zero-order valence-corrected chi connectivity index (χ0v) is 10.5. The standard InChI is InChI=1S/C10H20N4S/c1-8(2)14-10(12-7-13-14)6-9(11)4-5-15-3/h7-9H,4-6,11H2,1-3H3. The van der Waals surface area contributed by atoms with Crippen LogP contribution in [-0.4, -0.2) is 32.8 Å². The second-order valence-electron chi connectivity index (χ2n) is 3.96. The maximum atomic E-state index is 6.03. The summed E-state index contributed by atoms with van der Waals surface area (Å²) in [7, 11) is 0. The van der Waals surface area contributed by atoms with Crippen molar-refractivity contribution in [3.8, 4) is 0 Å². The van der Waals surface area contributed by atoms with Crippen LogP contribution in [-0.2, 0) is 6.42 Å². The molecule has 0 fully saturated rings. The highest BCUT2D eigenvalue weighted by Gasteiger charge is 2.11. The molecule has 1 aromatic heterocycles. The molecule has 0 saturated carbocycles. The lowest BCUT2D eigenvalue weighted by atomic mass is 10.1. The highest BCUT2D eigenvalue weighted by molar-refractivity contribution is 7.98. The van der Waals surface area contributed by atoms with Gasteiger partial charge in [-0.15, -0.1) is 0 Å². The van der Waals surface area contributed by atoms with Crippen LogP contribution in [0.15, 0.2) is 6.33 Å². The van der Waals surface area contributed by atoms with Crippen LogP contribution in [0.2, 0.25) is 0 Å². The van der Waals surface area contributed by atoms with Crippen molar-refractivity contribution in [2.75, 3.05) is 12.0 Å². The van der Waals surface area contributed by atoms with E-state index in [1.807, 2.05) is 16.4 Å². The van der Waals surface area contributed by atoms with Crippen molar-refractivity contribution in [2.45, 2.75) is 38.8 Å². The predicted molar refractivity (Wildman–Crippen MR) is 65.1 cm³/mol. The number of rotatable bonds is 6. The zero-order valence-electron chi connectivity index (χ0n) is 9.68. The molecule has 2 N–H and O–H groups in total. The fourth-order valence-electron chi connectivity index (χ4n) is 1.46. The van der Waals surface area contributed by atoms with Gasteiger partial charge < -0.3 is 5.73 Å². The van der Waals surface area contributed by atoms with E-state index in [9.17, 15) is 0 Å². The summed E-state index contributed by atoms with van der Waals surface area (Å²) in [4.78, 5) is 4.25. The largest absolute Gasteiger partial charge is 0.327 e. The van der Waals surface area contributed by atoms with Crippen LogP contribution in [0.3, 0.4) is 0 Å². The molecule has 0 aromatic carbocycles. The Bertz CT molecular complexity index is 285. The zero-order chi connectivity index (χ0) is 11.3. The Hall–Kier alpha value is -0.550. The summed E-state index contributed by atoms with van der Waals surface area (Å²) in [6.07, 6.45) is 5.56. The summed E-state index contributed by atoms with van der Waals surface area (Å²) in [5.74, 6) is 2.11. The van der Waals surface area contributed by atoms with E-state index in [0.717, 1.165) is 24.4 Å². The molecular weight excluding hydrogens is 208 g/mol. The van der Waals surface area contributed by atoms with Crippen LogP contribution >= 0.6 is 11.8 Å². The van der Waals surface area contributed by atoms with Crippen molar-refractivity contribution >= 4 is 11.8 Å². The lowest BCUT2D eigenvalue weighted by Gasteiger charge is -2.13. The van der Waals surface area contributed by atoms with Gasteiger partial charge in [0.25, 0.3) is 0 Å². The first-order chi connectivity index (χ1) is 7.15. The topological polar surface area (TPSA) is 56.7 Å². The second-order valence-corrected chi connectivity index (χ2v) is 4.95. The van der Waals surface area contributed by atoms with Gasteiger partial charge in [-0.05, 0) is 32.3 Å². The molecular formula is C10H20N4S. The average molecular weight is 228 g/mol. The fourth-order valence-corrected chi connectivity index (χ4v) is 2.00. The molecule has 1 unspecified atom stereocenters. The van der Waals surface area contributed by atoms with Crippen molar-refractivity contribution in [3.63, 3.8) is 0 Å².